The van der Waals surface area contributed by atoms with Crippen LogP contribution in [-0.2, 0) is 9.53 Å². The molecule has 24 heavy (non-hydrogen) atoms. The highest BCUT2D eigenvalue weighted by Crippen LogP contribution is 2.31. The van der Waals surface area contributed by atoms with E-state index in [0.717, 1.165) is 5.39 Å². The lowest BCUT2D eigenvalue weighted by molar-refractivity contribution is -0.144. The quantitative estimate of drug-likeness (QED) is 0.587. The lowest BCUT2D eigenvalue weighted by atomic mass is 9.90. The molecule has 0 aliphatic carbocycles. The zero-order chi connectivity index (χ0) is 17.9. The summed E-state index contributed by atoms with van der Waals surface area (Å²) in [5, 5.41) is 1.60. The predicted octanol–water partition coefficient (Wildman–Crippen LogP) is 4.75. The zero-order valence-electron chi connectivity index (χ0n) is 14.9. The molecule has 0 radical (unpaired) electrons. The van der Waals surface area contributed by atoms with E-state index in [2.05, 4.69) is 0 Å². The van der Waals surface area contributed by atoms with E-state index in [9.17, 15) is 9.59 Å². The number of hydrogen-bond donors (Lipinski definition) is 0. The summed E-state index contributed by atoms with van der Waals surface area (Å²) in [6, 6.07) is 11.0. The number of fused-ring (bicyclic) bond motifs is 1. The predicted molar refractivity (Wildman–Crippen MR) is 94.2 cm³/mol. The van der Waals surface area contributed by atoms with Crippen molar-refractivity contribution in [3.05, 3.63) is 42.0 Å². The second-order valence-electron chi connectivity index (χ2n) is 6.74. The van der Waals surface area contributed by atoms with Crippen molar-refractivity contribution in [2.75, 3.05) is 0 Å². The van der Waals surface area contributed by atoms with Crippen LogP contribution in [0.4, 0.5) is 0 Å². The Balaban J connectivity index is 2.53. The maximum absolute atomic E-state index is 12.6. The van der Waals surface area contributed by atoms with Crippen LogP contribution in [0.2, 0.25) is 0 Å². The topological polar surface area (TPSA) is 52.6 Å². The molecule has 0 aromatic heterocycles. The molecular weight excluding hydrogens is 304 g/mol. The molecule has 2 rings (SSSR count). The largest absolute Gasteiger partial charge is 0.459 e. The van der Waals surface area contributed by atoms with Crippen LogP contribution < -0.4 is 4.74 Å². The number of carbonyl (C=O) groups excluding carboxylic acids is 2. The monoisotopic (exact) mass is 328 g/mol. The lowest BCUT2D eigenvalue weighted by Gasteiger charge is -2.21. The van der Waals surface area contributed by atoms with E-state index in [0.29, 0.717) is 17.4 Å². The van der Waals surface area contributed by atoms with Crippen molar-refractivity contribution in [2.24, 2.45) is 5.41 Å². The first-order valence-electron chi connectivity index (χ1n) is 8.21. The summed E-state index contributed by atoms with van der Waals surface area (Å²) in [6.07, 6.45) is 0.387. The van der Waals surface area contributed by atoms with E-state index in [1.165, 1.54) is 0 Å². The summed E-state index contributed by atoms with van der Waals surface area (Å²) < 4.78 is 10.9. The van der Waals surface area contributed by atoms with Gasteiger partial charge in [0.05, 0.1) is 11.5 Å². The molecule has 0 saturated carbocycles. The summed E-state index contributed by atoms with van der Waals surface area (Å²) in [5.41, 5.74) is -0.327. The first kappa shape index (κ1) is 18.0. The molecule has 128 valence electrons. The molecule has 0 spiro atoms. The molecule has 0 fully saturated rings. The molecule has 4 nitrogen and oxygen atoms in total. The van der Waals surface area contributed by atoms with Gasteiger partial charge in [-0.05, 0) is 51.0 Å². The number of rotatable bonds is 5. The molecular formula is C20H24O4. The summed E-state index contributed by atoms with van der Waals surface area (Å²) in [6.45, 7) is 9.14. The van der Waals surface area contributed by atoms with Gasteiger partial charge in [-0.15, -0.1) is 0 Å². The molecule has 0 amide bonds. The Bertz CT molecular complexity index is 759. The third kappa shape index (κ3) is 3.75. The van der Waals surface area contributed by atoms with Gasteiger partial charge in [-0.1, -0.05) is 37.3 Å². The highest BCUT2D eigenvalue weighted by atomic mass is 16.6. The van der Waals surface area contributed by atoms with Gasteiger partial charge in [0.25, 0.3) is 0 Å². The van der Waals surface area contributed by atoms with Crippen LogP contribution in [0.15, 0.2) is 36.4 Å². The van der Waals surface area contributed by atoms with Crippen LogP contribution in [0.3, 0.4) is 0 Å². The Morgan fingerprint density at radius 3 is 2.38 bits per heavy atom. The summed E-state index contributed by atoms with van der Waals surface area (Å²) in [7, 11) is 0. The highest BCUT2D eigenvalue weighted by Gasteiger charge is 2.30. The van der Waals surface area contributed by atoms with Crippen molar-refractivity contribution >= 4 is 22.7 Å². The molecule has 0 heterocycles. The Kier molecular flexibility index (Phi) is 5.27. The first-order chi connectivity index (χ1) is 11.3. The van der Waals surface area contributed by atoms with E-state index in [4.69, 9.17) is 9.47 Å². The SMILES string of the molecule is CCC(C)(C)C(=O)Oc1ccc2ccccc2c1C(=O)OC(C)C. The van der Waals surface area contributed by atoms with Gasteiger partial charge in [0.2, 0.25) is 0 Å². The van der Waals surface area contributed by atoms with Crippen molar-refractivity contribution in [3.63, 3.8) is 0 Å². The Labute approximate surface area is 142 Å². The Morgan fingerprint density at radius 1 is 1.08 bits per heavy atom. The van der Waals surface area contributed by atoms with Crippen molar-refractivity contribution < 1.29 is 19.1 Å². The normalized spacial score (nSPS) is 11.6. The molecule has 0 unspecified atom stereocenters. The van der Waals surface area contributed by atoms with Crippen molar-refractivity contribution in [2.45, 2.75) is 47.1 Å². The van der Waals surface area contributed by atoms with Gasteiger partial charge in [-0.25, -0.2) is 4.79 Å². The molecule has 0 atom stereocenters. The maximum Gasteiger partial charge on any atom is 0.342 e. The summed E-state index contributed by atoms with van der Waals surface area (Å²) in [5.74, 6) is -0.608. The van der Waals surface area contributed by atoms with Gasteiger partial charge in [-0.2, -0.15) is 0 Å². The van der Waals surface area contributed by atoms with Crippen LogP contribution in [0.1, 0.15) is 51.4 Å². The van der Waals surface area contributed by atoms with E-state index in [1.54, 1.807) is 19.9 Å². The molecule has 0 N–H and O–H groups in total. The van der Waals surface area contributed by atoms with Crippen LogP contribution >= 0.6 is 0 Å². The Hall–Kier alpha value is -2.36. The molecule has 0 bridgehead atoms. The molecule has 2 aromatic rings. The average Bonchev–Trinajstić information content (AvgIpc) is 2.53. The minimum atomic E-state index is -0.620. The van der Waals surface area contributed by atoms with E-state index < -0.39 is 11.4 Å². The molecule has 0 aliphatic heterocycles. The summed E-state index contributed by atoms with van der Waals surface area (Å²) >= 11 is 0. The third-order valence-electron chi connectivity index (χ3n) is 4.08. The minimum absolute atomic E-state index is 0.242. The fraction of sp³-hybridized carbons (Fsp3) is 0.400. The van der Waals surface area contributed by atoms with Gasteiger partial charge in [0.1, 0.15) is 11.3 Å². The number of carbonyl (C=O) groups is 2. The van der Waals surface area contributed by atoms with Crippen LogP contribution in [0, 0.1) is 5.41 Å². The molecule has 0 saturated heterocycles. The maximum atomic E-state index is 12.6. The van der Waals surface area contributed by atoms with Crippen LogP contribution in [0.25, 0.3) is 10.8 Å². The lowest BCUT2D eigenvalue weighted by Crippen LogP contribution is -2.29. The number of esters is 2. The fourth-order valence-corrected chi connectivity index (χ4v) is 2.20. The first-order valence-corrected chi connectivity index (χ1v) is 8.21. The number of ether oxygens (including phenoxy) is 2. The Morgan fingerprint density at radius 2 is 1.75 bits per heavy atom. The second-order valence-corrected chi connectivity index (χ2v) is 6.74. The summed E-state index contributed by atoms with van der Waals surface area (Å²) in [4.78, 5) is 25.0. The standard InChI is InChI=1S/C20H24O4/c1-6-20(4,5)19(22)24-16-12-11-14-9-7-8-10-15(14)17(16)18(21)23-13(2)3/h7-13H,6H2,1-5H3. The molecule has 2 aromatic carbocycles. The van der Waals surface area contributed by atoms with E-state index in [-0.39, 0.29) is 17.8 Å². The molecule has 0 aliphatic rings. The van der Waals surface area contributed by atoms with Crippen molar-refractivity contribution in [1.82, 2.24) is 0 Å². The number of hydrogen-bond acceptors (Lipinski definition) is 4. The zero-order valence-corrected chi connectivity index (χ0v) is 14.9. The van der Waals surface area contributed by atoms with Gasteiger partial charge in [0.15, 0.2) is 0 Å². The third-order valence-corrected chi connectivity index (χ3v) is 4.08. The van der Waals surface area contributed by atoms with Crippen molar-refractivity contribution in [3.8, 4) is 5.75 Å². The van der Waals surface area contributed by atoms with E-state index >= 15 is 0 Å². The van der Waals surface area contributed by atoms with Gasteiger partial charge < -0.3 is 9.47 Å². The smallest absolute Gasteiger partial charge is 0.342 e. The highest BCUT2D eigenvalue weighted by molar-refractivity contribution is 6.07. The van der Waals surface area contributed by atoms with Gasteiger partial charge in [-0.3, -0.25) is 4.79 Å². The van der Waals surface area contributed by atoms with Crippen molar-refractivity contribution in [1.29, 1.82) is 0 Å². The minimum Gasteiger partial charge on any atom is -0.459 e. The van der Waals surface area contributed by atoms with Crippen LogP contribution in [0.5, 0.6) is 5.75 Å². The van der Waals surface area contributed by atoms with Gasteiger partial charge in [0, 0.05) is 0 Å². The average molecular weight is 328 g/mol. The number of benzene rings is 2. The second kappa shape index (κ2) is 7.04. The van der Waals surface area contributed by atoms with E-state index in [1.807, 2.05) is 51.1 Å². The fourth-order valence-electron chi connectivity index (χ4n) is 2.20. The van der Waals surface area contributed by atoms with Gasteiger partial charge >= 0.3 is 11.9 Å². The molecule has 4 heteroatoms. The van der Waals surface area contributed by atoms with Crippen LogP contribution in [-0.4, -0.2) is 18.0 Å².